The number of pyridine rings is 1. The van der Waals surface area contributed by atoms with Crippen LogP contribution in [0, 0.1) is 5.82 Å². The molecule has 28 heavy (non-hydrogen) atoms. The normalized spacial score (nSPS) is 12.6. The Morgan fingerprint density at radius 1 is 1.18 bits per heavy atom. The summed E-state index contributed by atoms with van der Waals surface area (Å²) >= 11 is 0. The van der Waals surface area contributed by atoms with Crippen LogP contribution >= 0.6 is 0 Å². The van der Waals surface area contributed by atoms with E-state index in [4.69, 9.17) is 0 Å². The molecule has 0 aliphatic carbocycles. The number of hydrogen-bond acceptors (Lipinski definition) is 3. The van der Waals surface area contributed by atoms with Crippen LogP contribution in [0.1, 0.15) is 51.3 Å². The number of hydrogen-bond donors (Lipinski definition) is 1. The van der Waals surface area contributed by atoms with Gasteiger partial charge in [-0.1, -0.05) is 45.9 Å². The average molecular weight is 380 g/mol. The zero-order valence-electron chi connectivity index (χ0n) is 16.6. The van der Waals surface area contributed by atoms with Gasteiger partial charge in [0.25, 0.3) is 0 Å². The molecule has 1 aromatic carbocycles. The van der Waals surface area contributed by atoms with Gasteiger partial charge in [0.1, 0.15) is 11.6 Å². The summed E-state index contributed by atoms with van der Waals surface area (Å²) in [5.41, 5.74) is 1.62. The maximum absolute atomic E-state index is 13.1. The lowest BCUT2D eigenvalue weighted by Crippen LogP contribution is -2.17. The minimum Gasteiger partial charge on any atom is -0.311 e. The van der Waals surface area contributed by atoms with E-state index in [0.29, 0.717) is 11.6 Å². The second-order valence-electron chi connectivity index (χ2n) is 7.97. The molecule has 0 aliphatic rings. The van der Waals surface area contributed by atoms with Crippen molar-refractivity contribution in [2.45, 2.75) is 45.4 Å². The van der Waals surface area contributed by atoms with E-state index in [0.717, 1.165) is 11.3 Å². The van der Waals surface area contributed by atoms with Crippen molar-refractivity contribution in [2.24, 2.45) is 0 Å². The fourth-order valence-electron chi connectivity index (χ4n) is 2.87. The molecule has 0 spiro atoms. The van der Waals surface area contributed by atoms with Crippen molar-refractivity contribution in [3.8, 4) is 5.82 Å². The molecule has 3 rings (SSSR count). The molecule has 1 amide bonds. The highest BCUT2D eigenvalue weighted by Crippen LogP contribution is 2.26. The van der Waals surface area contributed by atoms with Gasteiger partial charge in [-0.15, -0.1) is 0 Å². The van der Waals surface area contributed by atoms with Gasteiger partial charge in [-0.3, -0.25) is 4.79 Å². The lowest BCUT2D eigenvalue weighted by Gasteiger charge is -2.13. The molecule has 3 aromatic rings. The number of anilines is 1. The van der Waals surface area contributed by atoms with Crippen LogP contribution in [0.25, 0.3) is 5.82 Å². The van der Waals surface area contributed by atoms with Crippen LogP contribution < -0.4 is 5.32 Å². The Balaban J connectivity index is 1.81. The van der Waals surface area contributed by atoms with Crippen LogP contribution in [-0.2, 0) is 10.2 Å². The molecule has 0 saturated heterocycles. The first kappa shape index (κ1) is 19.7. The molecule has 6 heteroatoms. The monoisotopic (exact) mass is 380 g/mol. The molecule has 146 valence electrons. The van der Waals surface area contributed by atoms with Crippen molar-refractivity contribution in [2.75, 3.05) is 5.32 Å². The van der Waals surface area contributed by atoms with Crippen molar-refractivity contribution in [1.82, 2.24) is 14.8 Å². The highest BCUT2D eigenvalue weighted by Gasteiger charge is 2.22. The number of carbonyl (C=O) groups is 1. The summed E-state index contributed by atoms with van der Waals surface area (Å²) in [6.07, 6.45) is 1.97. The van der Waals surface area contributed by atoms with E-state index in [1.807, 2.05) is 31.2 Å². The minimum absolute atomic E-state index is 0.0334. The van der Waals surface area contributed by atoms with Gasteiger partial charge in [0.05, 0.1) is 5.69 Å². The second-order valence-corrected chi connectivity index (χ2v) is 7.97. The lowest BCUT2D eigenvalue weighted by atomic mass is 9.92. The number of rotatable bonds is 5. The van der Waals surface area contributed by atoms with Gasteiger partial charge >= 0.3 is 0 Å². The van der Waals surface area contributed by atoms with Gasteiger partial charge in [-0.05, 0) is 35.7 Å². The number of halogens is 1. The first-order valence-electron chi connectivity index (χ1n) is 9.31. The smallest absolute Gasteiger partial charge is 0.226 e. The summed E-state index contributed by atoms with van der Waals surface area (Å²) in [6, 6.07) is 13.7. The summed E-state index contributed by atoms with van der Waals surface area (Å²) in [4.78, 5) is 17.0. The van der Waals surface area contributed by atoms with Gasteiger partial charge < -0.3 is 5.32 Å². The standard InChI is InChI=1S/C22H25FN4O/c1-15(16-8-10-17(23)11-9-16)13-21(28)25-20-14-18(22(2,3)4)26-27(20)19-7-5-6-12-24-19/h5-12,14-15H,13H2,1-4H3,(H,25,28). The summed E-state index contributed by atoms with van der Waals surface area (Å²) in [5, 5.41) is 7.61. The Hall–Kier alpha value is -3.02. The van der Waals surface area contributed by atoms with Crippen LogP contribution in [0.2, 0.25) is 0 Å². The van der Waals surface area contributed by atoms with E-state index < -0.39 is 0 Å². The third-order valence-corrected chi connectivity index (χ3v) is 4.54. The average Bonchev–Trinajstić information content (AvgIpc) is 3.07. The Morgan fingerprint density at radius 3 is 2.50 bits per heavy atom. The quantitative estimate of drug-likeness (QED) is 0.689. The summed E-state index contributed by atoms with van der Waals surface area (Å²) in [6.45, 7) is 8.16. The topological polar surface area (TPSA) is 59.8 Å². The van der Waals surface area contributed by atoms with Crippen molar-refractivity contribution >= 4 is 11.7 Å². The highest BCUT2D eigenvalue weighted by atomic mass is 19.1. The Morgan fingerprint density at radius 2 is 1.89 bits per heavy atom. The van der Waals surface area contributed by atoms with E-state index in [-0.39, 0.29) is 29.5 Å². The van der Waals surface area contributed by atoms with Gasteiger partial charge in [0.2, 0.25) is 5.91 Å². The number of nitrogens with zero attached hydrogens (tertiary/aromatic N) is 3. The maximum Gasteiger partial charge on any atom is 0.226 e. The van der Waals surface area contributed by atoms with Crippen LogP contribution in [0.3, 0.4) is 0 Å². The first-order valence-corrected chi connectivity index (χ1v) is 9.31. The van der Waals surface area contributed by atoms with Crippen molar-refractivity contribution in [3.63, 3.8) is 0 Å². The van der Waals surface area contributed by atoms with Gasteiger partial charge in [0.15, 0.2) is 5.82 Å². The minimum atomic E-state index is -0.283. The fourth-order valence-corrected chi connectivity index (χ4v) is 2.87. The summed E-state index contributed by atoms with van der Waals surface area (Å²) in [5.74, 6) is 0.775. The highest BCUT2D eigenvalue weighted by molar-refractivity contribution is 5.90. The second kappa shape index (κ2) is 7.92. The third kappa shape index (κ3) is 4.63. The van der Waals surface area contributed by atoms with E-state index in [2.05, 4.69) is 36.2 Å². The van der Waals surface area contributed by atoms with E-state index >= 15 is 0 Å². The Labute approximate surface area is 164 Å². The van der Waals surface area contributed by atoms with E-state index in [1.165, 1.54) is 12.1 Å². The summed E-state index contributed by atoms with van der Waals surface area (Å²) < 4.78 is 14.8. The van der Waals surface area contributed by atoms with Gasteiger partial charge in [-0.2, -0.15) is 9.78 Å². The summed E-state index contributed by atoms with van der Waals surface area (Å²) in [7, 11) is 0. The lowest BCUT2D eigenvalue weighted by molar-refractivity contribution is -0.116. The number of amides is 1. The van der Waals surface area contributed by atoms with Crippen molar-refractivity contribution in [3.05, 3.63) is 71.8 Å². The van der Waals surface area contributed by atoms with E-state index in [1.54, 1.807) is 23.0 Å². The molecule has 0 aliphatic heterocycles. The predicted octanol–water partition coefficient (Wildman–Crippen LogP) is 4.84. The molecule has 0 bridgehead atoms. The molecule has 0 radical (unpaired) electrons. The van der Waals surface area contributed by atoms with Crippen LogP contribution in [-0.4, -0.2) is 20.7 Å². The molecule has 5 nitrogen and oxygen atoms in total. The van der Waals surface area contributed by atoms with E-state index in [9.17, 15) is 9.18 Å². The molecule has 1 unspecified atom stereocenters. The number of nitrogens with one attached hydrogen (secondary N) is 1. The van der Waals surface area contributed by atoms with Gasteiger partial charge in [-0.25, -0.2) is 9.37 Å². The van der Waals surface area contributed by atoms with Crippen LogP contribution in [0.4, 0.5) is 10.2 Å². The zero-order chi connectivity index (χ0) is 20.3. The molecule has 0 saturated carbocycles. The van der Waals surface area contributed by atoms with Crippen molar-refractivity contribution < 1.29 is 9.18 Å². The number of carbonyl (C=O) groups excluding carboxylic acids is 1. The number of aromatic nitrogens is 3. The molecule has 2 heterocycles. The van der Waals surface area contributed by atoms with Crippen molar-refractivity contribution in [1.29, 1.82) is 0 Å². The molecule has 1 N–H and O–H groups in total. The van der Waals surface area contributed by atoms with Gasteiger partial charge in [0, 0.05) is 24.1 Å². The predicted molar refractivity (Wildman–Crippen MR) is 108 cm³/mol. The van der Waals surface area contributed by atoms with Crippen LogP contribution in [0.5, 0.6) is 0 Å². The number of benzene rings is 1. The fraction of sp³-hybridized carbons (Fsp3) is 0.318. The zero-order valence-corrected chi connectivity index (χ0v) is 16.6. The Kier molecular flexibility index (Phi) is 5.58. The SMILES string of the molecule is CC(CC(=O)Nc1cc(C(C)(C)C)nn1-c1ccccn1)c1ccc(F)cc1. The molecular weight excluding hydrogens is 355 g/mol. The largest absolute Gasteiger partial charge is 0.311 e. The molecule has 0 fully saturated rings. The molecule has 2 aromatic heterocycles. The molecule has 1 atom stereocenters. The maximum atomic E-state index is 13.1. The van der Waals surface area contributed by atoms with Crippen LogP contribution in [0.15, 0.2) is 54.7 Å². The Bertz CT molecular complexity index is 943. The first-order chi connectivity index (χ1) is 13.2. The molecular formula is C22H25FN4O. The third-order valence-electron chi connectivity index (χ3n) is 4.54.